The summed E-state index contributed by atoms with van der Waals surface area (Å²) < 4.78 is 11.6. The highest BCUT2D eigenvalue weighted by atomic mass is 16.5. The van der Waals surface area contributed by atoms with E-state index in [1.54, 1.807) is 7.11 Å². The van der Waals surface area contributed by atoms with Crippen LogP contribution in [0.4, 0.5) is 0 Å². The Balaban J connectivity index is 1.62. The first-order valence-electron chi connectivity index (χ1n) is 9.75. The Labute approximate surface area is 165 Å². The lowest BCUT2D eigenvalue weighted by Gasteiger charge is -2.33. The molecule has 1 heterocycles. The van der Waals surface area contributed by atoms with E-state index in [2.05, 4.69) is 48.5 Å². The van der Waals surface area contributed by atoms with Gasteiger partial charge in [-0.2, -0.15) is 0 Å². The fourth-order valence-electron chi connectivity index (χ4n) is 4.07. The second-order valence-electron chi connectivity index (χ2n) is 7.49. The molecule has 2 N–H and O–H groups in total. The van der Waals surface area contributed by atoms with Crippen molar-refractivity contribution >= 4 is 0 Å². The number of ether oxygens (including phenoxy) is 2. The maximum Gasteiger partial charge on any atom is 0.124 e. The minimum atomic E-state index is -0.481. The van der Waals surface area contributed by atoms with Gasteiger partial charge in [0.2, 0.25) is 0 Å². The maximum atomic E-state index is 10.2. The molecule has 0 amide bonds. The molecule has 0 radical (unpaired) electrons. The first-order valence-corrected chi connectivity index (χ1v) is 9.75. The highest BCUT2D eigenvalue weighted by molar-refractivity contribution is 5.68. The van der Waals surface area contributed by atoms with E-state index in [0.717, 1.165) is 17.7 Å². The largest absolute Gasteiger partial charge is 0.496 e. The fourth-order valence-corrected chi connectivity index (χ4v) is 4.07. The second kappa shape index (κ2) is 8.31. The predicted octanol–water partition coefficient (Wildman–Crippen LogP) is 3.96. The van der Waals surface area contributed by atoms with Gasteiger partial charge >= 0.3 is 0 Å². The first kappa shape index (κ1) is 18.9. The van der Waals surface area contributed by atoms with Crippen LogP contribution in [0, 0.1) is 0 Å². The average Bonchev–Trinajstić information content (AvgIpc) is 2.95. The number of hydrogen-bond acceptors (Lipinski definition) is 4. The molecule has 0 spiro atoms. The van der Waals surface area contributed by atoms with Crippen LogP contribution in [0.25, 0.3) is 11.1 Å². The molecule has 0 aromatic heterocycles. The van der Waals surface area contributed by atoms with Crippen LogP contribution >= 0.6 is 0 Å². The molecule has 28 heavy (non-hydrogen) atoms. The number of methoxy groups -OCH3 is 1. The molecular weight excluding hydrogens is 352 g/mol. The summed E-state index contributed by atoms with van der Waals surface area (Å²) in [6.45, 7) is -0.0902. The maximum absolute atomic E-state index is 10.2. The SMILES string of the molecule is COc1ccc(Cc2cc3cccccc-3c2)cc1C1CC(O)CC(CO)O1. The Hall–Kier alpha value is -2.40. The van der Waals surface area contributed by atoms with Gasteiger partial charge in [0.05, 0.1) is 32.0 Å². The Morgan fingerprint density at radius 3 is 2.39 bits per heavy atom. The first-order chi connectivity index (χ1) is 13.7. The zero-order chi connectivity index (χ0) is 19.5. The molecule has 4 heteroatoms. The van der Waals surface area contributed by atoms with E-state index in [1.807, 2.05) is 12.1 Å². The van der Waals surface area contributed by atoms with Crippen molar-refractivity contribution in [1.29, 1.82) is 0 Å². The lowest BCUT2D eigenvalue weighted by Crippen LogP contribution is -2.33. The van der Waals surface area contributed by atoms with Gasteiger partial charge in [0.15, 0.2) is 0 Å². The molecule has 1 aromatic carbocycles. The van der Waals surface area contributed by atoms with Crippen molar-refractivity contribution in [3.8, 4) is 16.9 Å². The fraction of sp³-hybridized carbons (Fsp3) is 0.333. The topological polar surface area (TPSA) is 58.9 Å². The van der Waals surface area contributed by atoms with E-state index in [-0.39, 0.29) is 18.8 Å². The monoisotopic (exact) mass is 378 g/mol. The summed E-state index contributed by atoms with van der Waals surface area (Å²) in [5.41, 5.74) is 5.83. The number of benzene rings is 1. The van der Waals surface area contributed by atoms with Crippen LogP contribution in [0.5, 0.6) is 5.75 Å². The van der Waals surface area contributed by atoms with Crippen LogP contribution in [0.15, 0.2) is 60.7 Å². The smallest absolute Gasteiger partial charge is 0.124 e. The summed E-state index contributed by atoms with van der Waals surface area (Å²) in [5, 5.41) is 19.6. The van der Waals surface area contributed by atoms with E-state index in [4.69, 9.17) is 9.47 Å². The molecule has 1 saturated heterocycles. The Morgan fingerprint density at radius 2 is 1.71 bits per heavy atom. The summed E-state index contributed by atoms with van der Waals surface area (Å²) in [4.78, 5) is 0. The van der Waals surface area contributed by atoms with Crippen LogP contribution in [-0.4, -0.2) is 36.1 Å². The third-order valence-electron chi connectivity index (χ3n) is 5.42. The van der Waals surface area contributed by atoms with Gasteiger partial charge in [-0.3, -0.25) is 0 Å². The highest BCUT2D eigenvalue weighted by Crippen LogP contribution is 2.37. The number of aliphatic hydroxyl groups excluding tert-OH is 2. The number of hydrogen-bond donors (Lipinski definition) is 2. The van der Waals surface area contributed by atoms with Gasteiger partial charge in [0.1, 0.15) is 5.75 Å². The summed E-state index contributed by atoms with van der Waals surface area (Å²) in [6, 6.07) is 21.0. The summed E-state index contributed by atoms with van der Waals surface area (Å²) >= 11 is 0. The molecule has 1 fully saturated rings. The lowest BCUT2D eigenvalue weighted by atomic mass is 9.93. The normalized spacial score (nSPS) is 22.3. The molecule has 146 valence electrons. The highest BCUT2D eigenvalue weighted by Gasteiger charge is 2.30. The van der Waals surface area contributed by atoms with Crippen molar-refractivity contribution in [1.82, 2.24) is 0 Å². The zero-order valence-corrected chi connectivity index (χ0v) is 16.0. The van der Waals surface area contributed by atoms with Gasteiger partial charge in [0.25, 0.3) is 0 Å². The molecule has 0 saturated carbocycles. The van der Waals surface area contributed by atoms with Crippen LogP contribution in [0.3, 0.4) is 0 Å². The molecular formula is C24H26O4. The number of fused-ring (bicyclic) bond motifs is 1. The Morgan fingerprint density at radius 1 is 0.964 bits per heavy atom. The van der Waals surface area contributed by atoms with Crippen LogP contribution < -0.4 is 4.74 Å². The summed E-state index contributed by atoms with van der Waals surface area (Å²) in [6.07, 6.45) is 0.676. The quantitative estimate of drug-likeness (QED) is 0.705. The van der Waals surface area contributed by atoms with E-state index in [1.165, 1.54) is 22.3 Å². The average molecular weight is 378 g/mol. The zero-order valence-electron chi connectivity index (χ0n) is 16.0. The minimum Gasteiger partial charge on any atom is -0.496 e. The van der Waals surface area contributed by atoms with Crippen molar-refractivity contribution in [2.24, 2.45) is 0 Å². The molecule has 3 unspecified atom stereocenters. The van der Waals surface area contributed by atoms with Gasteiger partial charge in [-0.25, -0.2) is 0 Å². The third-order valence-corrected chi connectivity index (χ3v) is 5.42. The Bertz CT molecular complexity index is 876. The van der Waals surface area contributed by atoms with Crippen LogP contribution in [0.1, 0.15) is 35.6 Å². The van der Waals surface area contributed by atoms with Gasteiger partial charge in [-0.1, -0.05) is 48.5 Å². The van der Waals surface area contributed by atoms with Crippen molar-refractivity contribution in [3.63, 3.8) is 0 Å². The molecule has 1 aliphatic heterocycles. The summed E-state index contributed by atoms with van der Waals surface area (Å²) in [5.74, 6) is 0.749. The van der Waals surface area contributed by atoms with Crippen molar-refractivity contribution in [2.75, 3.05) is 13.7 Å². The van der Waals surface area contributed by atoms with Crippen molar-refractivity contribution in [2.45, 2.75) is 37.6 Å². The third kappa shape index (κ3) is 4.04. The molecule has 0 bridgehead atoms. The van der Waals surface area contributed by atoms with E-state index < -0.39 is 6.10 Å². The molecule has 2 aliphatic carbocycles. The predicted molar refractivity (Wildman–Crippen MR) is 109 cm³/mol. The molecule has 4 nitrogen and oxygen atoms in total. The van der Waals surface area contributed by atoms with E-state index in [0.29, 0.717) is 12.8 Å². The molecule has 4 rings (SSSR count). The molecule has 3 aliphatic rings. The number of rotatable bonds is 5. The second-order valence-corrected chi connectivity index (χ2v) is 7.49. The molecule has 1 aromatic rings. The lowest BCUT2D eigenvalue weighted by molar-refractivity contribution is -0.114. The van der Waals surface area contributed by atoms with Crippen LogP contribution in [-0.2, 0) is 11.2 Å². The van der Waals surface area contributed by atoms with Gasteiger partial charge in [-0.05, 0) is 40.8 Å². The van der Waals surface area contributed by atoms with Gasteiger partial charge in [0, 0.05) is 18.4 Å². The summed E-state index contributed by atoms with van der Waals surface area (Å²) in [7, 11) is 1.64. The Kier molecular flexibility index (Phi) is 5.62. The van der Waals surface area contributed by atoms with Crippen molar-refractivity contribution < 1.29 is 19.7 Å². The minimum absolute atomic E-state index is 0.0902. The van der Waals surface area contributed by atoms with Crippen LogP contribution in [0.2, 0.25) is 0 Å². The van der Waals surface area contributed by atoms with Gasteiger partial charge < -0.3 is 19.7 Å². The van der Waals surface area contributed by atoms with E-state index in [9.17, 15) is 10.2 Å². The molecule has 3 atom stereocenters. The van der Waals surface area contributed by atoms with Crippen molar-refractivity contribution in [3.05, 3.63) is 77.4 Å². The van der Waals surface area contributed by atoms with Gasteiger partial charge in [-0.15, -0.1) is 0 Å². The van der Waals surface area contributed by atoms with E-state index >= 15 is 0 Å². The standard InChI is InChI=1S/C24H26O4/c1-27-23-8-7-16(9-17-10-18-5-3-2-4-6-19(18)11-17)12-22(23)24-14-20(26)13-21(15-25)28-24/h2-8,10-12,20-21,24-26H,9,13-15H2,1H3. The number of aliphatic hydroxyl groups is 2.